The van der Waals surface area contributed by atoms with Crippen LogP contribution in [0.3, 0.4) is 0 Å². The molecule has 0 amide bonds. The summed E-state index contributed by atoms with van der Waals surface area (Å²) in [6.07, 6.45) is 0. The number of hydrogen-bond acceptors (Lipinski definition) is 6. The zero-order chi connectivity index (χ0) is 15.5. The molecule has 0 aromatic heterocycles. The van der Waals surface area contributed by atoms with Gasteiger partial charge in [0.25, 0.3) is 0 Å². The van der Waals surface area contributed by atoms with Gasteiger partial charge in [-0.05, 0) is 24.3 Å². The fourth-order valence-electron chi connectivity index (χ4n) is 2.07. The molecule has 22 heavy (non-hydrogen) atoms. The summed E-state index contributed by atoms with van der Waals surface area (Å²) in [6.45, 7) is 0.166. The topological polar surface area (TPSA) is 63.2 Å². The number of esters is 1. The van der Waals surface area contributed by atoms with Crippen molar-refractivity contribution in [3.8, 4) is 28.7 Å². The monoisotopic (exact) mass is 302 g/mol. The van der Waals surface area contributed by atoms with Crippen molar-refractivity contribution < 1.29 is 28.5 Å². The summed E-state index contributed by atoms with van der Waals surface area (Å²) in [5.41, 5.74) is 0.306. The van der Waals surface area contributed by atoms with Gasteiger partial charge in [-0.3, -0.25) is 0 Å². The van der Waals surface area contributed by atoms with E-state index in [-0.39, 0.29) is 6.79 Å². The Morgan fingerprint density at radius 3 is 2.50 bits per heavy atom. The molecule has 0 saturated heterocycles. The van der Waals surface area contributed by atoms with Gasteiger partial charge in [-0.25, -0.2) is 4.79 Å². The first kappa shape index (κ1) is 14.1. The fourth-order valence-corrected chi connectivity index (χ4v) is 2.07. The molecule has 0 fully saturated rings. The van der Waals surface area contributed by atoms with Gasteiger partial charge in [0.2, 0.25) is 6.79 Å². The van der Waals surface area contributed by atoms with E-state index >= 15 is 0 Å². The number of carbonyl (C=O) groups excluding carboxylic acids is 1. The highest BCUT2D eigenvalue weighted by Gasteiger charge is 2.18. The summed E-state index contributed by atoms with van der Waals surface area (Å²) < 4.78 is 26.1. The van der Waals surface area contributed by atoms with Crippen molar-refractivity contribution in [3.05, 3.63) is 42.0 Å². The van der Waals surface area contributed by atoms with Gasteiger partial charge in [-0.1, -0.05) is 0 Å². The van der Waals surface area contributed by atoms with Crippen molar-refractivity contribution in [2.24, 2.45) is 0 Å². The van der Waals surface area contributed by atoms with Gasteiger partial charge >= 0.3 is 5.97 Å². The van der Waals surface area contributed by atoms with E-state index < -0.39 is 5.97 Å². The van der Waals surface area contributed by atoms with E-state index in [0.29, 0.717) is 34.3 Å². The molecule has 0 aliphatic carbocycles. The Labute approximate surface area is 127 Å². The van der Waals surface area contributed by atoms with Gasteiger partial charge in [0.05, 0.1) is 14.2 Å². The van der Waals surface area contributed by atoms with E-state index in [4.69, 9.17) is 23.7 Å². The highest BCUT2D eigenvalue weighted by Crippen LogP contribution is 2.35. The second-order valence-corrected chi connectivity index (χ2v) is 4.47. The second kappa shape index (κ2) is 5.85. The minimum Gasteiger partial charge on any atom is -0.497 e. The van der Waals surface area contributed by atoms with Crippen LogP contribution in [-0.2, 0) is 0 Å². The van der Waals surface area contributed by atoms with Crippen LogP contribution >= 0.6 is 0 Å². The molecule has 0 bridgehead atoms. The Morgan fingerprint density at radius 2 is 1.73 bits per heavy atom. The molecule has 0 atom stereocenters. The predicted molar refractivity (Wildman–Crippen MR) is 77.1 cm³/mol. The zero-order valence-electron chi connectivity index (χ0n) is 12.1. The lowest BCUT2D eigenvalue weighted by molar-refractivity contribution is 0.0731. The highest BCUT2D eigenvalue weighted by molar-refractivity contribution is 5.94. The number of benzene rings is 2. The van der Waals surface area contributed by atoms with Crippen LogP contribution in [0.4, 0.5) is 0 Å². The molecule has 0 spiro atoms. The molecule has 2 aromatic rings. The van der Waals surface area contributed by atoms with Crippen LogP contribution in [0.15, 0.2) is 36.4 Å². The van der Waals surface area contributed by atoms with E-state index in [9.17, 15) is 4.79 Å². The van der Waals surface area contributed by atoms with Gasteiger partial charge in [-0.2, -0.15) is 0 Å². The Morgan fingerprint density at radius 1 is 0.955 bits per heavy atom. The van der Waals surface area contributed by atoms with Gasteiger partial charge in [0.15, 0.2) is 11.5 Å². The molecule has 114 valence electrons. The molecular weight excluding hydrogens is 288 g/mol. The maximum atomic E-state index is 12.3. The average molecular weight is 302 g/mol. The molecule has 1 aliphatic rings. The van der Waals surface area contributed by atoms with Crippen molar-refractivity contribution in [1.29, 1.82) is 0 Å². The quantitative estimate of drug-likeness (QED) is 0.639. The van der Waals surface area contributed by atoms with Crippen molar-refractivity contribution in [2.75, 3.05) is 21.0 Å². The maximum Gasteiger partial charge on any atom is 0.347 e. The Kier molecular flexibility index (Phi) is 3.74. The van der Waals surface area contributed by atoms with Gasteiger partial charge < -0.3 is 23.7 Å². The third-order valence-corrected chi connectivity index (χ3v) is 3.18. The predicted octanol–water partition coefficient (Wildman–Crippen LogP) is 2.65. The van der Waals surface area contributed by atoms with Crippen molar-refractivity contribution >= 4 is 5.97 Å². The lowest BCUT2D eigenvalue weighted by Crippen LogP contribution is -2.10. The van der Waals surface area contributed by atoms with Crippen LogP contribution in [-0.4, -0.2) is 27.0 Å². The van der Waals surface area contributed by atoms with Crippen LogP contribution in [0.25, 0.3) is 0 Å². The number of ether oxygens (including phenoxy) is 5. The molecule has 3 rings (SSSR count). The first-order valence-electron chi connectivity index (χ1n) is 6.55. The maximum absolute atomic E-state index is 12.3. The third kappa shape index (κ3) is 2.63. The zero-order valence-corrected chi connectivity index (χ0v) is 12.1. The van der Waals surface area contributed by atoms with Crippen LogP contribution in [0.2, 0.25) is 0 Å². The summed E-state index contributed by atoms with van der Waals surface area (Å²) in [5, 5.41) is 0. The van der Waals surface area contributed by atoms with E-state index in [1.165, 1.54) is 7.11 Å². The molecule has 6 nitrogen and oxygen atoms in total. The van der Waals surface area contributed by atoms with Gasteiger partial charge in [0.1, 0.15) is 22.8 Å². The number of fused-ring (bicyclic) bond motifs is 1. The number of carbonyl (C=O) groups is 1. The molecule has 0 unspecified atom stereocenters. The van der Waals surface area contributed by atoms with Crippen LogP contribution < -0.4 is 23.7 Å². The molecule has 1 heterocycles. The molecule has 0 N–H and O–H groups in total. The number of methoxy groups -OCH3 is 2. The standard InChI is InChI=1S/C16H14O6/c1-18-10-3-5-12(14(7-10)19-2)16(17)22-11-4-6-13-15(8-11)21-9-20-13/h3-8H,9H2,1-2H3. The SMILES string of the molecule is COc1ccc(C(=O)Oc2ccc3c(c2)OCO3)c(OC)c1. The van der Waals surface area contributed by atoms with Crippen LogP contribution in [0, 0.1) is 0 Å². The summed E-state index contributed by atoms with van der Waals surface area (Å²) in [5.74, 6) is 1.99. The number of rotatable bonds is 4. The lowest BCUT2D eigenvalue weighted by atomic mass is 10.2. The van der Waals surface area contributed by atoms with E-state index in [2.05, 4.69) is 0 Å². The first-order chi connectivity index (χ1) is 10.7. The second-order valence-electron chi connectivity index (χ2n) is 4.47. The molecule has 0 saturated carbocycles. The Balaban J connectivity index is 1.82. The summed E-state index contributed by atoms with van der Waals surface area (Å²) in [7, 11) is 3.02. The largest absolute Gasteiger partial charge is 0.497 e. The normalized spacial score (nSPS) is 11.9. The molecule has 6 heteroatoms. The molecule has 1 aliphatic heterocycles. The van der Waals surface area contributed by atoms with Crippen molar-refractivity contribution in [3.63, 3.8) is 0 Å². The molecular formula is C16H14O6. The lowest BCUT2D eigenvalue weighted by Gasteiger charge is -2.10. The van der Waals surface area contributed by atoms with Gasteiger partial charge in [0, 0.05) is 12.1 Å². The minimum atomic E-state index is -0.529. The minimum absolute atomic E-state index is 0.166. The van der Waals surface area contributed by atoms with E-state index in [1.54, 1.807) is 43.5 Å². The summed E-state index contributed by atoms with van der Waals surface area (Å²) in [4.78, 5) is 12.3. The Hall–Kier alpha value is -2.89. The van der Waals surface area contributed by atoms with E-state index in [0.717, 1.165) is 0 Å². The van der Waals surface area contributed by atoms with E-state index in [1.807, 2.05) is 0 Å². The van der Waals surface area contributed by atoms with Crippen LogP contribution in [0.5, 0.6) is 28.7 Å². The van der Waals surface area contributed by atoms with Crippen molar-refractivity contribution in [1.82, 2.24) is 0 Å². The average Bonchev–Trinajstić information content (AvgIpc) is 3.01. The molecule has 0 radical (unpaired) electrons. The first-order valence-corrected chi connectivity index (χ1v) is 6.55. The third-order valence-electron chi connectivity index (χ3n) is 3.18. The number of hydrogen-bond donors (Lipinski definition) is 0. The van der Waals surface area contributed by atoms with Crippen molar-refractivity contribution in [2.45, 2.75) is 0 Å². The summed E-state index contributed by atoms with van der Waals surface area (Å²) >= 11 is 0. The Bertz CT molecular complexity index is 710. The highest BCUT2D eigenvalue weighted by atomic mass is 16.7. The fraction of sp³-hybridized carbons (Fsp3) is 0.188. The summed E-state index contributed by atoms with van der Waals surface area (Å²) in [6, 6.07) is 9.82. The smallest absolute Gasteiger partial charge is 0.347 e. The molecule has 2 aromatic carbocycles. The van der Waals surface area contributed by atoms with Gasteiger partial charge in [-0.15, -0.1) is 0 Å². The van der Waals surface area contributed by atoms with Crippen LogP contribution in [0.1, 0.15) is 10.4 Å².